The molecule has 0 unspecified atom stereocenters. The number of nitrogens with one attached hydrogen (secondary N) is 1. The monoisotopic (exact) mass is 267 g/mol. The molecule has 110 valence electrons. The second-order valence-corrected chi connectivity index (χ2v) is 6.02. The first-order valence-corrected chi connectivity index (χ1v) is 7.94. The minimum atomic E-state index is -0.0713. The van der Waals surface area contributed by atoms with E-state index in [4.69, 9.17) is 0 Å². The second-order valence-electron chi connectivity index (χ2n) is 6.02. The first-order valence-electron chi connectivity index (χ1n) is 7.94. The highest BCUT2D eigenvalue weighted by molar-refractivity contribution is 5.83. The smallest absolute Gasteiger partial charge is 0.228 e. The third kappa shape index (κ3) is 3.29. The van der Waals surface area contributed by atoms with E-state index < -0.39 is 0 Å². The van der Waals surface area contributed by atoms with Gasteiger partial charge in [-0.05, 0) is 45.3 Å². The molecule has 2 rings (SSSR count). The van der Waals surface area contributed by atoms with Crippen LogP contribution in [0.5, 0.6) is 0 Å². The molecule has 0 aromatic rings. The molecule has 4 nitrogen and oxygen atoms in total. The summed E-state index contributed by atoms with van der Waals surface area (Å²) < 4.78 is 0. The van der Waals surface area contributed by atoms with Gasteiger partial charge in [0.25, 0.3) is 0 Å². The van der Waals surface area contributed by atoms with Gasteiger partial charge in [0.15, 0.2) is 0 Å². The first kappa shape index (κ1) is 14.8. The standard InChI is InChI=1S/C15H29N3O/c1-3-9-17-10-12-18(13-11-17)14(19)15(4-2)5-7-16-8-6-15/h16H,3-13H2,1-2H3. The maximum atomic E-state index is 12.9. The summed E-state index contributed by atoms with van der Waals surface area (Å²) in [5.74, 6) is 0.424. The Hall–Kier alpha value is -0.610. The molecular weight excluding hydrogens is 238 g/mol. The molecule has 1 N–H and O–H groups in total. The van der Waals surface area contributed by atoms with E-state index in [-0.39, 0.29) is 5.41 Å². The van der Waals surface area contributed by atoms with Gasteiger partial charge in [-0.25, -0.2) is 0 Å². The van der Waals surface area contributed by atoms with Crippen LogP contribution in [0.4, 0.5) is 0 Å². The van der Waals surface area contributed by atoms with E-state index in [1.54, 1.807) is 0 Å². The average molecular weight is 267 g/mol. The molecule has 0 spiro atoms. The highest BCUT2D eigenvalue weighted by Crippen LogP contribution is 2.34. The number of carbonyl (C=O) groups excluding carboxylic acids is 1. The van der Waals surface area contributed by atoms with Crippen LogP contribution in [-0.4, -0.2) is 61.5 Å². The van der Waals surface area contributed by atoms with E-state index in [2.05, 4.69) is 29.0 Å². The van der Waals surface area contributed by atoms with Gasteiger partial charge in [0, 0.05) is 26.2 Å². The lowest BCUT2D eigenvalue weighted by Crippen LogP contribution is -2.55. The van der Waals surface area contributed by atoms with Gasteiger partial charge in [0.2, 0.25) is 5.91 Å². The van der Waals surface area contributed by atoms with Gasteiger partial charge >= 0.3 is 0 Å². The quantitative estimate of drug-likeness (QED) is 0.834. The second kappa shape index (κ2) is 6.71. The fraction of sp³-hybridized carbons (Fsp3) is 0.933. The number of piperazine rings is 1. The molecule has 4 heteroatoms. The summed E-state index contributed by atoms with van der Waals surface area (Å²) >= 11 is 0. The molecule has 2 aliphatic rings. The van der Waals surface area contributed by atoms with Crippen molar-refractivity contribution in [3.8, 4) is 0 Å². The van der Waals surface area contributed by atoms with Crippen LogP contribution < -0.4 is 5.32 Å². The maximum absolute atomic E-state index is 12.9. The van der Waals surface area contributed by atoms with Crippen molar-refractivity contribution < 1.29 is 4.79 Å². The van der Waals surface area contributed by atoms with Crippen LogP contribution in [0.25, 0.3) is 0 Å². The summed E-state index contributed by atoms with van der Waals surface area (Å²) in [6.45, 7) is 11.5. The normalized spacial score (nSPS) is 24.4. The van der Waals surface area contributed by atoms with Crippen molar-refractivity contribution in [2.24, 2.45) is 5.41 Å². The Balaban J connectivity index is 1.92. The van der Waals surface area contributed by atoms with Gasteiger partial charge < -0.3 is 10.2 Å². The zero-order valence-electron chi connectivity index (χ0n) is 12.6. The van der Waals surface area contributed by atoms with Gasteiger partial charge in [-0.2, -0.15) is 0 Å². The van der Waals surface area contributed by atoms with Gasteiger partial charge in [-0.3, -0.25) is 9.69 Å². The van der Waals surface area contributed by atoms with Crippen LogP contribution in [0.3, 0.4) is 0 Å². The van der Waals surface area contributed by atoms with Crippen LogP contribution in [0.15, 0.2) is 0 Å². The fourth-order valence-electron chi connectivity index (χ4n) is 3.45. The number of nitrogens with zero attached hydrogens (tertiary/aromatic N) is 2. The van der Waals surface area contributed by atoms with E-state index in [0.29, 0.717) is 5.91 Å². The third-order valence-electron chi connectivity index (χ3n) is 4.89. The molecule has 2 fully saturated rings. The molecule has 2 heterocycles. The van der Waals surface area contributed by atoms with Crippen molar-refractivity contribution in [3.63, 3.8) is 0 Å². The molecule has 0 radical (unpaired) electrons. The van der Waals surface area contributed by atoms with E-state index in [0.717, 1.165) is 58.5 Å². The first-order chi connectivity index (χ1) is 9.22. The molecule has 0 aromatic carbocycles. The Morgan fingerprint density at radius 3 is 2.26 bits per heavy atom. The van der Waals surface area contributed by atoms with Crippen molar-refractivity contribution in [1.82, 2.24) is 15.1 Å². The molecule has 2 aliphatic heterocycles. The summed E-state index contributed by atoms with van der Waals surface area (Å²) in [4.78, 5) is 17.5. The zero-order valence-corrected chi connectivity index (χ0v) is 12.6. The molecule has 0 atom stereocenters. The summed E-state index contributed by atoms with van der Waals surface area (Å²) in [6, 6.07) is 0. The van der Waals surface area contributed by atoms with E-state index in [1.165, 1.54) is 13.0 Å². The molecular formula is C15H29N3O. The highest BCUT2D eigenvalue weighted by Gasteiger charge is 2.40. The number of rotatable bonds is 4. The molecule has 19 heavy (non-hydrogen) atoms. The zero-order chi connectivity index (χ0) is 13.7. The number of hydrogen-bond acceptors (Lipinski definition) is 3. The van der Waals surface area contributed by atoms with Crippen LogP contribution in [0, 0.1) is 5.41 Å². The molecule has 1 amide bonds. The third-order valence-corrected chi connectivity index (χ3v) is 4.89. The molecule has 0 bridgehead atoms. The summed E-state index contributed by atoms with van der Waals surface area (Å²) in [7, 11) is 0. The SMILES string of the molecule is CCCN1CCN(C(=O)C2(CC)CCNCC2)CC1. The predicted molar refractivity (Wildman–Crippen MR) is 78.1 cm³/mol. The number of piperidine rings is 1. The molecule has 2 saturated heterocycles. The highest BCUT2D eigenvalue weighted by atomic mass is 16.2. The van der Waals surface area contributed by atoms with Crippen LogP contribution in [-0.2, 0) is 4.79 Å². The maximum Gasteiger partial charge on any atom is 0.228 e. The van der Waals surface area contributed by atoms with Crippen molar-refractivity contribution in [1.29, 1.82) is 0 Å². The van der Waals surface area contributed by atoms with Crippen LogP contribution in [0.2, 0.25) is 0 Å². The Kier molecular flexibility index (Phi) is 5.22. The fourth-order valence-corrected chi connectivity index (χ4v) is 3.45. The summed E-state index contributed by atoms with van der Waals surface area (Å²) in [5.41, 5.74) is -0.0713. The summed E-state index contributed by atoms with van der Waals surface area (Å²) in [6.07, 6.45) is 4.22. The van der Waals surface area contributed by atoms with Gasteiger partial charge in [-0.15, -0.1) is 0 Å². The lowest BCUT2D eigenvalue weighted by atomic mass is 9.75. The number of hydrogen-bond donors (Lipinski definition) is 1. The Morgan fingerprint density at radius 2 is 1.74 bits per heavy atom. The van der Waals surface area contributed by atoms with E-state index >= 15 is 0 Å². The van der Waals surface area contributed by atoms with Crippen LogP contribution >= 0.6 is 0 Å². The van der Waals surface area contributed by atoms with Gasteiger partial charge in [0.1, 0.15) is 0 Å². The predicted octanol–water partition coefficient (Wildman–Crippen LogP) is 1.32. The molecule has 0 saturated carbocycles. The van der Waals surface area contributed by atoms with Crippen molar-refractivity contribution in [2.45, 2.75) is 39.5 Å². The Bertz CT molecular complexity index is 292. The van der Waals surface area contributed by atoms with Gasteiger partial charge in [-0.1, -0.05) is 13.8 Å². The van der Waals surface area contributed by atoms with Gasteiger partial charge in [0.05, 0.1) is 5.41 Å². The molecule has 0 aliphatic carbocycles. The summed E-state index contributed by atoms with van der Waals surface area (Å²) in [5, 5.41) is 3.38. The number of amides is 1. The minimum absolute atomic E-state index is 0.0713. The minimum Gasteiger partial charge on any atom is -0.340 e. The van der Waals surface area contributed by atoms with E-state index in [1.807, 2.05) is 0 Å². The Labute approximate surface area is 117 Å². The Morgan fingerprint density at radius 1 is 1.11 bits per heavy atom. The van der Waals surface area contributed by atoms with Crippen molar-refractivity contribution in [3.05, 3.63) is 0 Å². The van der Waals surface area contributed by atoms with Crippen LogP contribution in [0.1, 0.15) is 39.5 Å². The topological polar surface area (TPSA) is 35.6 Å². The lowest BCUT2D eigenvalue weighted by Gasteiger charge is -2.42. The van der Waals surface area contributed by atoms with Crippen molar-refractivity contribution >= 4 is 5.91 Å². The largest absolute Gasteiger partial charge is 0.340 e. The van der Waals surface area contributed by atoms with Crippen molar-refractivity contribution in [2.75, 3.05) is 45.8 Å². The lowest BCUT2D eigenvalue weighted by molar-refractivity contribution is -0.146. The van der Waals surface area contributed by atoms with E-state index in [9.17, 15) is 4.79 Å². The number of carbonyl (C=O) groups is 1. The average Bonchev–Trinajstić information content (AvgIpc) is 2.48. The molecule has 0 aromatic heterocycles.